The molecule has 32 heavy (non-hydrogen) atoms. The lowest BCUT2D eigenvalue weighted by Crippen LogP contribution is -2.16. The number of carbonyl (C=O) groups excluding carboxylic acids is 1. The third kappa shape index (κ3) is 5.42. The molecule has 0 saturated heterocycles. The highest BCUT2D eigenvalue weighted by Crippen LogP contribution is 2.22. The maximum atomic E-state index is 12.6. The van der Waals surface area contributed by atoms with E-state index < -0.39 is 20.9 Å². The fourth-order valence-electron chi connectivity index (χ4n) is 3.61. The van der Waals surface area contributed by atoms with E-state index in [2.05, 4.69) is 17.3 Å². The minimum Gasteiger partial charge on any atom is -0.378 e. The molecule has 170 valence electrons. The van der Waals surface area contributed by atoms with E-state index in [1.807, 2.05) is 23.9 Å². The minimum atomic E-state index is -4.51. The van der Waals surface area contributed by atoms with Crippen molar-refractivity contribution in [2.45, 2.75) is 37.7 Å². The van der Waals surface area contributed by atoms with Gasteiger partial charge in [0, 0.05) is 31.8 Å². The number of aryl methyl sites for hydroxylation is 2. The summed E-state index contributed by atoms with van der Waals surface area (Å²) in [6.07, 6.45) is 2.56. The molecular weight excluding hydrogens is 430 g/mol. The summed E-state index contributed by atoms with van der Waals surface area (Å²) in [7, 11) is -0.930. The lowest BCUT2D eigenvalue weighted by atomic mass is 10.0. The zero-order valence-corrected chi connectivity index (χ0v) is 19.1. The Morgan fingerprint density at radius 2 is 1.84 bits per heavy atom. The molecule has 3 aromatic rings. The fourth-order valence-corrected chi connectivity index (χ4v) is 4.30. The molecule has 1 aromatic heterocycles. The molecule has 0 saturated carbocycles. The Bertz CT molecular complexity index is 1200. The third-order valence-electron chi connectivity index (χ3n) is 5.13. The van der Waals surface area contributed by atoms with Gasteiger partial charge >= 0.3 is 0 Å². The molecule has 2 N–H and O–H groups in total. The first-order chi connectivity index (χ1) is 15.2. The molecule has 0 spiro atoms. The van der Waals surface area contributed by atoms with Gasteiger partial charge in [0.15, 0.2) is 0 Å². The van der Waals surface area contributed by atoms with E-state index in [1.54, 1.807) is 19.2 Å². The van der Waals surface area contributed by atoms with Crippen molar-refractivity contribution in [3.8, 4) is 0 Å². The summed E-state index contributed by atoms with van der Waals surface area (Å²) in [6.45, 7) is 2.59. The summed E-state index contributed by atoms with van der Waals surface area (Å²) in [5.41, 5.74) is 4.68. The number of rotatable bonds is 9. The number of amides is 1. The van der Waals surface area contributed by atoms with E-state index in [0.717, 1.165) is 35.4 Å². The molecule has 0 atom stereocenters. The van der Waals surface area contributed by atoms with Crippen LogP contribution >= 0.6 is 0 Å². The number of methoxy groups -OCH3 is 1. The molecule has 8 nitrogen and oxygen atoms in total. The molecule has 3 rings (SSSR count). The number of anilines is 1. The molecule has 0 bridgehead atoms. The van der Waals surface area contributed by atoms with Crippen LogP contribution in [0.25, 0.3) is 0 Å². The number of hydrogen-bond donors (Lipinski definition) is 2. The number of ether oxygens (including phenoxy) is 1. The Labute approximate surface area is 188 Å². The Balaban J connectivity index is 1.79. The predicted octanol–water partition coefficient (Wildman–Crippen LogP) is 3.61. The Morgan fingerprint density at radius 1 is 1.16 bits per heavy atom. The number of hydrogen-bond acceptors (Lipinski definition) is 5. The van der Waals surface area contributed by atoms with Crippen molar-refractivity contribution < 1.29 is 22.5 Å². The number of carbonyl (C=O) groups is 1. The maximum Gasteiger partial charge on any atom is 0.295 e. The molecule has 0 aliphatic rings. The molecule has 0 unspecified atom stereocenters. The van der Waals surface area contributed by atoms with Gasteiger partial charge in [0.25, 0.3) is 16.0 Å². The quantitative estimate of drug-likeness (QED) is 0.475. The van der Waals surface area contributed by atoms with Gasteiger partial charge in [-0.3, -0.25) is 14.0 Å². The second kappa shape index (κ2) is 10.1. The lowest BCUT2D eigenvalue weighted by molar-refractivity contribution is 0.102. The van der Waals surface area contributed by atoms with Crippen molar-refractivity contribution in [1.82, 2.24) is 9.78 Å². The molecule has 0 radical (unpaired) electrons. The Kier molecular flexibility index (Phi) is 7.44. The predicted molar refractivity (Wildman–Crippen MR) is 121 cm³/mol. The average molecular weight is 458 g/mol. The van der Waals surface area contributed by atoms with Crippen molar-refractivity contribution in [3.05, 3.63) is 76.6 Å². The van der Waals surface area contributed by atoms with Gasteiger partial charge in [-0.1, -0.05) is 37.6 Å². The molecular formula is C23H27N3O5S. The van der Waals surface area contributed by atoms with Crippen LogP contribution in [0.5, 0.6) is 0 Å². The van der Waals surface area contributed by atoms with E-state index in [1.165, 1.54) is 24.3 Å². The van der Waals surface area contributed by atoms with E-state index in [4.69, 9.17) is 4.74 Å². The van der Waals surface area contributed by atoms with Gasteiger partial charge in [0.2, 0.25) is 0 Å². The molecule has 0 fully saturated rings. The molecule has 0 aliphatic heterocycles. The average Bonchev–Trinajstić information content (AvgIpc) is 3.04. The number of aromatic nitrogens is 2. The highest BCUT2D eigenvalue weighted by Gasteiger charge is 2.20. The van der Waals surface area contributed by atoms with Gasteiger partial charge in [-0.2, -0.15) is 13.5 Å². The van der Waals surface area contributed by atoms with Crippen LogP contribution in [0, 0.1) is 0 Å². The van der Waals surface area contributed by atoms with E-state index >= 15 is 0 Å². The van der Waals surface area contributed by atoms with Crippen LogP contribution in [0.3, 0.4) is 0 Å². The summed E-state index contributed by atoms with van der Waals surface area (Å²) < 4.78 is 39.7. The maximum absolute atomic E-state index is 12.6. The normalized spacial score (nSPS) is 11.5. The summed E-state index contributed by atoms with van der Waals surface area (Å²) in [5.74, 6) is -0.620. The van der Waals surface area contributed by atoms with Crippen LogP contribution in [0.15, 0.2) is 53.4 Å². The Morgan fingerprint density at radius 3 is 2.47 bits per heavy atom. The van der Waals surface area contributed by atoms with E-state index in [9.17, 15) is 17.8 Å². The number of nitrogens with one attached hydrogen (secondary N) is 1. The van der Waals surface area contributed by atoms with Crippen LogP contribution in [-0.2, 0) is 41.4 Å². The second-order valence-electron chi connectivity index (χ2n) is 7.48. The van der Waals surface area contributed by atoms with E-state index in [0.29, 0.717) is 18.7 Å². The van der Waals surface area contributed by atoms with Crippen LogP contribution < -0.4 is 5.32 Å². The van der Waals surface area contributed by atoms with Crippen molar-refractivity contribution in [2.24, 2.45) is 7.05 Å². The lowest BCUT2D eigenvalue weighted by Gasteiger charge is -2.10. The molecule has 0 aliphatic carbocycles. The molecule has 1 heterocycles. The topological polar surface area (TPSA) is 111 Å². The van der Waals surface area contributed by atoms with Crippen LogP contribution in [0.4, 0.5) is 5.69 Å². The van der Waals surface area contributed by atoms with Gasteiger partial charge in [-0.05, 0) is 36.2 Å². The van der Waals surface area contributed by atoms with Gasteiger partial charge in [-0.15, -0.1) is 0 Å². The zero-order chi connectivity index (χ0) is 23.3. The largest absolute Gasteiger partial charge is 0.378 e. The Hall–Kier alpha value is -3.01. The number of nitrogens with zero attached hydrogens (tertiary/aromatic N) is 2. The SMILES string of the molecule is CCCc1nn(C)c(COC)c1Cc1ccc(NC(=O)c2ccccc2S(=O)(=O)O)cc1. The summed E-state index contributed by atoms with van der Waals surface area (Å²) in [5, 5.41) is 7.32. The summed E-state index contributed by atoms with van der Waals surface area (Å²) in [6, 6.07) is 12.8. The molecule has 2 aromatic carbocycles. The first kappa shape index (κ1) is 23.6. The van der Waals surface area contributed by atoms with Gasteiger partial charge in [-0.25, -0.2) is 0 Å². The van der Waals surface area contributed by atoms with Gasteiger partial charge < -0.3 is 10.1 Å². The smallest absolute Gasteiger partial charge is 0.295 e. The van der Waals surface area contributed by atoms with Crippen molar-refractivity contribution in [2.75, 3.05) is 12.4 Å². The molecule has 1 amide bonds. The van der Waals surface area contributed by atoms with Gasteiger partial charge in [0.1, 0.15) is 4.90 Å². The summed E-state index contributed by atoms with van der Waals surface area (Å²) in [4.78, 5) is 12.2. The first-order valence-corrected chi connectivity index (χ1v) is 11.7. The standard InChI is InChI=1S/C23H27N3O5S/c1-4-7-20-19(21(15-31-3)26(2)25-20)14-16-10-12-17(13-11-16)24-23(27)18-8-5-6-9-22(18)32(28,29)30/h5-6,8-13H,4,7,14-15H2,1-3H3,(H,24,27)(H,28,29,30). The minimum absolute atomic E-state index is 0.122. The van der Waals surface area contributed by atoms with Crippen LogP contribution in [-0.4, -0.2) is 35.8 Å². The van der Waals surface area contributed by atoms with Gasteiger partial charge in [0.05, 0.1) is 23.6 Å². The zero-order valence-electron chi connectivity index (χ0n) is 18.3. The monoisotopic (exact) mass is 457 g/mol. The van der Waals surface area contributed by atoms with Crippen molar-refractivity contribution >= 4 is 21.7 Å². The molecule has 9 heteroatoms. The highest BCUT2D eigenvalue weighted by molar-refractivity contribution is 7.86. The second-order valence-corrected chi connectivity index (χ2v) is 8.87. The van der Waals surface area contributed by atoms with E-state index in [-0.39, 0.29) is 5.56 Å². The fraction of sp³-hybridized carbons (Fsp3) is 0.304. The third-order valence-corrected chi connectivity index (χ3v) is 6.04. The number of benzene rings is 2. The van der Waals surface area contributed by atoms with Crippen LogP contribution in [0.1, 0.15) is 46.2 Å². The van der Waals surface area contributed by atoms with Crippen LogP contribution in [0.2, 0.25) is 0 Å². The summed E-state index contributed by atoms with van der Waals surface area (Å²) >= 11 is 0. The van der Waals surface area contributed by atoms with Crippen molar-refractivity contribution in [1.29, 1.82) is 0 Å². The van der Waals surface area contributed by atoms with Crippen molar-refractivity contribution in [3.63, 3.8) is 0 Å². The first-order valence-electron chi connectivity index (χ1n) is 10.2. The highest BCUT2D eigenvalue weighted by atomic mass is 32.2.